The fourth-order valence-corrected chi connectivity index (χ4v) is 3.10. The predicted molar refractivity (Wildman–Crippen MR) is 85.5 cm³/mol. The first kappa shape index (κ1) is 15.5. The van der Waals surface area contributed by atoms with E-state index in [1.165, 1.54) is 0 Å². The van der Waals surface area contributed by atoms with Gasteiger partial charge >= 0.3 is 0 Å². The van der Waals surface area contributed by atoms with E-state index in [0.29, 0.717) is 5.92 Å². The summed E-state index contributed by atoms with van der Waals surface area (Å²) in [5, 5.41) is 6.51. The normalized spacial score (nSPS) is 23.9. The molecule has 0 bridgehead atoms. The number of carbonyl (C=O) groups excluding carboxylic acids is 1. The summed E-state index contributed by atoms with van der Waals surface area (Å²) in [6, 6.07) is 8.14. The minimum atomic E-state index is -0.260. The van der Waals surface area contributed by atoms with Crippen molar-refractivity contribution in [2.45, 2.75) is 33.2 Å². The molecule has 1 aromatic carbocycles. The third-order valence-electron chi connectivity index (χ3n) is 4.46. The highest BCUT2D eigenvalue weighted by atomic mass is 79.9. The van der Waals surface area contributed by atoms with Crippen molar-refractivity contribution in [2.75, 3.05) is 13.1 Å². The van der Waals surface area contributed by atoms with Gasteiger partial charge in [0.1, 0.15) is 0 Å². The van der Waals surface area contributed by atoms with E-state index < -0.39 is 0 Å². The van der Waals surface area contributed by atoms with Crippen LogP contribution in [0.3, 0.4) is 0 Å². The van der Waals surface area contributed by atoms with Gasteiger partial charge in [0.25, 0.3) is 0 Å². The minimum Gasteiger partial charge on any atom is -0.349 e. The van der Waals surface area contributed by atoms with E-state index in [0.717, 1.165) is 29.5 Å². The largest absolute Gasteiger partial charge is 0.349 e. The van der Waals surface area contributed by atoms with Crippen LogP contribution in [0.2, 0.25) is 0 Å². The Balaban J connectivity index is 2.08. The zero-order chi connectivity index (χ0) is 14.8. The van der Waals surface area contributed by atoms with Crippen molar-refractivity contribution < 1.29 is 4.79 Å². The lowest BCUT2D eigenvalue weighted by Gasteiger charge is -2.32. The Morgan fingerprint density at radius 2 is 1.95 bits per heavy atom. The molecule has 1 fully saturated rings. The van der Waals surface area contributed by atoms with Crippen molar-refractivity contribution in [3.63, 3.8) is 0 Å². The van der Waals surface area contributed by atoms with Crippen molar-refractivity contribution in [2.24, 2.45) is 11.3 Å². The molecule has 0 aromatic heterocycles. The first-order valence-corrected chi connectivity index (χ1v) is 8.02. The SMILES string of the molecule is CC(C)C1(C(=O)N[C@@H](C)c2ccc(Br)cc2)CCNC1. The van der Waals surface area contributed by atoms with Gasteiger partial charge in [-0.15, -0.1) is 0 Å². The molecule has 0 aliphatic carbocycles. The smallest absolute Gasteiger partial charge is 0.228 e. The van der Waals surface area contributed by atoms with Crippen molar-refractivity contribution >= 4 is 21.8 Å². The Morgan fingerprint density at radius 1 is 1.30 bits per heavy atom. The summed E-state index contributed by atoms with van der Waals surface area (Å²) in [4.78, 5) is 12.7. The Hall–Kier alpha value is -0.870. The zero-order valence-corrected chi connectivity index (χ0v) is 14.0. The molecule has 0 spiro atoms. The van der Waals surface area contributed by atoms with Crippen molar-refractivity contribution in [1.82, 2.24) is 10.6 Å². The molecule has 1 aromatic rings. The highest BCUT2D eigenvalue weighted by Crippen LogP contribution is 2.35. The fourth-order valence-electron chi connectivity index (χ4n) is 2.84. The molecule has 2 atom stereocenters. The third kappa shape index (κ3) is 3.07. The number of carbonyl (C=O) groups is 1. The first-order valence-electron chi connectivity index (χ1n) is 7.23. The molecule has 4 heteroatoms. The standard InChI is InChI=1S/C16H23BrN2O/c1-11(2)16(8-9-18-10-16)15(20)19-12(3)13-4-6-14(17)7-5-13/h4-7,11-12,18H,8-10H2,1-3H3,(H,19,20)/t12-,16?/m0/s1. The number of nitrogens with one attached hydrogen (secondary N) is 2. The highest BCUT2D eigenvalue weighted by molar-refractivity contribution is 9.10. The van der Waals surface area contributed by atoms with Gasteiger partial charge < -0.3 is 10.6 Å². The molecule has 1 saturated heterocycles. The van der Waals surface area contributed by atoms with Gasteiger partial charge in [-0.1, -0.05) is 41.9 Å². The molecule has 1 unspecified atom stereocenters. The van der Waals surface area contributed by atoms with Crippen LogP contribution in [-0.2, 0) is 4.79 Å². The van der Waals surface area contributed by atoms with Crippen molar-refractivity contribution in [1.29, 1.82) is 0 Å². The zero-order valence-electron chi connectivity index (χ0n) is 12.4. The second-order valence-electron chi connectivity index (χ2n) is 5.98. The summed E-state index contributed by atoms with van der Waals surface area (Å²) in [5.41, 5.74) is 0.871. The van der Waals surface area contributed by atoms with Gasteiger partial charge in [-0.25, -0.2) is 0 Å². The Kier molecular flexibility index (Phi) is 4.86. The van der Waals surface area contributed by atoms with Gasteiger partial charge in [0.15, 0.2) is 0 Å². The third-order valence-corrected chi connectivity index (χ3v) is 4.99. The van der Waals surface area contributed by atoms with Crippen LogP contribution in [0.5, 0.6) is 0 Å². The predicted octanol–water partition coefficient (Wildman–Crippen LogP) is 3.26. The van der Waals surface area contributed by atoms with Crippen LogP contribution >= 0.6 is 15.9 Å². The quantitative estimate of drug-likeness (QED) is 0.884. The van der Waals surface area contributed by atoms with Crippen molar-refractivity contribution in [3.8, 4) is 0 Å². The van der Waals surface area contributed by atoms with Crippen LogP contribution in [0.25, 0.3) is 0 Å². The second kappa shape index (κ2) is 6.27. The molecule has 20 heavy (non-hydrogen) atoms. The van der Waals surface area contributed by atoms with E-state index in [4.69, 9.17) is 0 Å². The van der Waals surface area contributed by atoms with E-state index in [1.807, 2.05) is 31.2 Å². The van der Waals surface area contributed by atoms with Gasteiger partial charge in [-0.2, -0.15) is 0 Å². The lowest BCUT2D eigenvalue weighted by atomic mass is 9.75. The molecule has 1 aliphatic heterocycles. The second-order valence-corrected chi connectivity index (χ2v) is 6.90. The van der Waals surface area contributed by atoms with Gasteiger partial charge in [0, 0.05) is 11.0 Å². The molecule has 0 saturated carbocycles. The van der Waals surface area contributed by atoms with Gasteiger partial charge in [-0.3, -0.25) is 4.79 Å². The Bertz CT molecular complexity index is 464. The summed E-state index contributed by atoms with van der Waals surface area (Å²) in [5.74, 6) is 0.516. The van der Waals surface area contributed by atoms with Gasteiger partial charge in [0.2, 0.25) is 5.91 Å². The monoisotopic (exact) mass is 338 g/mol. The average Bonchev–Trinajstić information content (AvgIpc) is 2.90. The van der Waals surface area contributed by atoms with Gasteiger partial charge in [0.05, 0.1) is 11.5 Å². The molecule has 1 aliphatic rings. The molecule has 3 nitrogen and oxygen atoms in total. The summed E-state index contributed by atoms with van der Waals surface area (Å²) in [6.45, 7) is 8.02. The molecule has 1 heterocycles. The molecule has 2 rings (SSSR count). The van der Waals surface area contributed by atoms with Crippen LogP contribution in [0.4, 0.5) is 0 Å². The van der Waals surface area contributed by atoms with Crippen LogP contribution in [0.15, 0.2) is 28.7 Å². The summed E-state index contributed by atoms with van der Waals surface area (Å²) in [6.07, 6.45) is 0.920. The summed E-state index contributed by atoms with van der Waals surface area (Å²) in [7, 11) is 0. The van der Waals surface area contributed by atoms with Crippen LogP contribution < -0.4 is 10.6 Å². The number of hydrogen-bond acceptors (Lipinski definition) is 2. The number of hydrogen-bond donors (Lipinski definition) is 2. The van der Waals surface area contributed by atoms with E-state index in [9.17, 15) is 4.79 Å². The van der Waals surface area contributed by atoms with E-state index >= 15 is 0 Å². The van der Waals surface area contributed by atoms with Crippen LogP contribution in [-0.4, -0.2) is 19.0 Å². The fraction of sp³-hybridized carbons (Fsp3) is 0.562. The van der Waals surface area contributed by atoms with E-state index in [-0.39, 0.29) is 17.4 Å². The van der Waals surface area contributed by atoms with Crippen LogP contribution in [0.1, 0.15) is 38.8 Å². The molecule has 110 valence electrons. The molecule has 1 amide bonds. The molecule has 2 N–H and O–H groups in total. The molecule has 0 radical (unpaired) electrons. The number of halogens is 1. The van der Waals surface area contributed by atoms with Gasteiger partial charge in [-0.05, 0) is 43.5 Å². The lowest BCUT2D eigenvalue weighted by Crippen LogP contribution is -2.46. The average molecular weight is 339 g/mol. The number of amides is 1. The van der Waals surface area contributed by atoms with E-state index in [2.05, 4.69) is 40.4 Å². The molecular formula is C16H23BrN2O. The summed E-state index contributed by atoms with van der Waals surface area (Å²) < 4.78 is 1.05. The minimum absolute atomic E-state index is 0.0341. The maximum Gasteiger partial charge on any atom is 0.228 e. The Labute approximate surface area is 129 Å². The topological polar surface area (TPSA) is 41.1 Å². The maximum absolute atomic E-state index is 12.7. The Morgan fingerprint density at radius 3 is 2.45 bits per heavy atom. The highest BCUT2D eigenvalue weighted by Gasteiger charge is 2.44. The number of rotatable bonds is 4. The lowest BCUT2D eigenvalue weighted by molar-refractivity contribution is -0.133. The van der Waals surface area contributed by atoms with Crippen molar-refractivity contribution in [3.05, 3.63) is 34.3 Å². The first-order chi connectivity index (χ1) is 9.45. The summed E-state index contributed by atoms with van der Waals surface area (Å²) >= 11 is 3.43. The maximum atomic E-state index is 12.7. The molecular weight excluding hydrogens is 316 g/mol. The van der Waals surface area contributed by atoms with E-state index in [1.54, 1.807) is 0 Å². The van der Waals surface area contributed by atoms with Crippen LogP contribution in [0, 0.1) is 11.3 Å². The number of benzene rings is 1.